The predicted octanol–water partition coefficient (Wildman–Crippen LogP) is 1.94. The molecule has 4 rings (SSSR count). The molecule has 2 aliphatic rings. The molecule has 13 heteroatoms. The maximum absolute atomic E-state index is 13.9. The van der Waals surface area contributed by atoms with Gasteiger partial charge in [-0.2, -0.15) is 17.5 Å². The first kappa shape index (κ1) is 24.0. The summed E-state index contributed by atoms with van der Waals surface area (Å²) in [5, 5.41) is 2.36. The molecule has 1 N–H and O–H groups in total. The fourth-order valence-corrected chi connectivity index (χ4v) is 5.62. The number of carbonyl (C=O) groups is 2. The van der Waals surface area contributed by atoms with Gasteiger partial charge in [0.05, 0.1) is 22.7 Å². The lowest BCUT2D eigenvalue weighted by Crippen LogP contribution is -2.51. The molecule has 1 unspecified atom stereocenters. The molecule has 2 amide bonds. The van der Waals surface area contributed by atoms with Crippen molar-refractivity contribution in [1.82, 2.24) is 8.87 Å². The van der Waals surface area contributed by atoms with Crippen LogP contribution in [0.4, 0.5) is 24.5 Å². The smallest absolute Gasteiger partial charge is 0.324 e. The summed E-state index contributed by atoms with van der Waals surface area (Å²) in [6.07, 6.45) is -3.61. The van der Waals surface area contributed by atoms with Crippen LogP contribution in [0.5, 0.6) is 0 Å². The third kappa shape index (κ3) is 4.57. The van der Waals surface area contributed by atoms with Crippen LogP contribution in [-0.2, 0) is 26.2 Å². The van der Waals surface area contributed by atoms with E-state index < -0.39 is 52.6 Å². The summed E-state index contributed by atoms with van der Waals surface area (Å²) in [6, 6.07) is 5.14. The van der Waals surface area contributed by atoms with Gasteiger partial charge in [0.1, 0.15) is 12.6 Å². The van der Waals surface area contributed by atoms with E-state index >= 15 is 0 Å². The lowest BCUT2D eigenvalue weighted by molar-refractivity contribution is -0.158. The summed E-state index contributed by atoms with van der Waals surface area (Å²) >= 11 is 0. The largest absolute Gasteiger partial charge is 0.409 e. The second-order valence-electron chi connectivity index (χ2n) is 8.03. The van der Waals surface area contributed by atoms with Crippen molar-refractivity contribution in [2.75, 3.05) is 23.3 Å². The van der Waals surface area contributed by atoms with E-state index in [1.54, 1.807) is 0 Å². The van der Waals surface area contributed by atoms with E-state index in [1.165, 1.54) is 28.6 Å². The zero-order valence-corrected chi connectivity index (χ0v) is 18.6. The lowest BCUT2D eigenvalue weighted by atomic mass is 10.1. The molecule has 0 bridgehead atoms. The number of nitrogens with one attached hydrogen (secondary N) is 1. The van der Waals surface area contributed by atoms with Crippen LogP contribution in [0.3, 0.4) is 0 Å². The molecule has 0 saturated carbocycles. The fourth-order valence-electron chi connectivity index (χ4n) is 4.08. The van der Waals surface area contributed by atoms with Gasteiger partial charge in [-0.25, -0.2) is 8.42 Å². The van der Waals surface area contributed by atoms with Gasteiger partial charge in [0.25, 0.3) is 5.56 Å². The van der Waals surface area contributed by atoms with Gasteiger partial charge in [0.15, 0.2) is 0 Å². The number of pyridine rings is 1. The van der Waals surface area contributed by atoms with Crippen molar-refractivity contribution in [3.05, 3.63) is 52.9 Å². The number of sulfonamides is 1. The molecule has 1 aromatic carbocycles. The molecular formula is C21H21F3N4O5S. The van der Waals surface area contributed by atoms with Crippen molar-refractivity contribution in [1.29, 1.82) is 0 Å². The number of amides is 2. The van der Waals surface area contributed by atoms with Crippen LogP contribution in [0, 0.1) is 0 Å². The minimum Gasteiger partial charge on any atom is -0.324 e. The Balaban J connectivity index is 1.72. The zero-order chi connectivity index (χ0) is 24.7. The number of fused-ring (bicyclic) bond motifs is 1. The van der Waals surface area contributed by atoms with Gasteiger partial charge in [0.2, 0.25) is 21.8 Å². The molecule has 9 nitrogen and oxygen atoms in total. The molecule has 1 aromatic heterocycles. The number of halogens is 3. The standard InChI is InChI=1S/C21H21F3N4O5S/c22-21(23,24)17-11-18(29)25-15-5-1-2-6-16(15)28(17)20(31)13-26-12-14(7-8-19(26)30)34(32,33)27-9-3-4-10-27/h1-2,5-8,12,17H,3-4,9-11,13H2,(H,25,29). The van der Waals surface area contributed by atoms with Crippen molar-refractivity contribution < 1.29 is 31.2 Å². The highest BCUT2D eigenvalue weighted by Crippen LogP contribution is 2.37. The number of carbonyl (C=O) groups excluding carboxylic acids is 2. The fraction of sp³-hybridized carbons (Fsp3) is 0.381. The molecule has 182 valence electrons. The first-order valence-electron chi connectivity index (χ1n) is 10.5. The van der Waals surface area contributed by atoms with Crippen molar-refractivity contribution >= 4 is 33.2 Å². The van der Waals surface area contributed by atoms with Gasteiger partial charge >= 0.3 is 6.18 Å². The van der Waals surface area contributed by atoms with Gasteiger partial charge in [-0.1, -0.05) is 12.1 Å². The monoisotopic (exact) mass is 498 g/mol. The summed E-state index contributed by atoms with van der Waals surface area (Å²) in [5.41, 5.74) is -0.908. The van der Waals surface area contributed by atoms with Gasteiger partial charge in [-0.15, -0.1) is 0 Å². The maximum Gasteiger partial charge on any atom is 0.409 e. The summed E-state index contributed by atoms with van der Waals surface area (Å²) in [7, 11) is -3.92. The molecule has 1 fully saturated rings. The van der Waals surface area contributed by atoms with E-state index in [9.17, 15) is 36.0 Å². The molecule has 0 radical (unpaired) electrons. The molecule has 3 heterocycles. The van der Waals surface area contributed by atoms with E-state index in [0.717, 1.165) is 22.9 Å². The third-order valence-electron chi connectivity index (χ3n) is 5.74. The number of hydrogen-bond donors (Lipinski definition) is 1. The molecule has 0 aliphatic carbocycles. The number of hydrogen-bond acceptors (Lipinski definition) is 5. The highest BCUT2D eigenvalue weighted by atomic mass is 32.2. The molecule has 0 spiro atoms. The minimum absolute atomic E-state index is 0.0188. The van der Waals surface area contributed by atoms with Crippen LogP contribution in [-0.4, -0.2) is 54.4 Å². The van der Waals surface area contributed by atoms with Crippen LogP contribution in [0.15, 0.2) is 52.3 Å². The molecule has 1 atom stereocenters. The van der Waals surface area contributed by atoms with E-state index in [1.807, 2.05) is 0 Å². The topological polar surface area (TPSA) is 109 Å². The van der Waals surface area contributed by atoms with Crippen LogP contribution >= 0.6 is 0 Å². The number of rotatable bonds is 4. The molecule has 2 aromatic rings. The third-order valence-corrected chi connectivity index (χ3v) is 7.62. The maximum atomic E-state index is 13.9. The zero-order valence-electron chi connectivity index (χ0n) is 17.8. The molecule has 34 heavy (non-hydrogen) atoms. The molecule has 2 aliphatic heterocycles. The number of benzene rings is 1. The highest BCUT2D eigenvalue weighted by Gasteiger charge is 2.49. The normalized spacial score (nSPS) is 19.4. The van der Waals surface area contributed by atoms with Gasteiger partial charge < -0.3 is 9.88 Å². The van der Waals surface area contributed by atoms with Crippen molar-refractivity contribution in [3.63, 3.8) is 0 Å². The van der Waals surface area contributed by atoms with Gasteiger partial charge in [-0.05, 0) is 31.0 Å². The second kappa shape index (κ2) is 8.87. The predicted molar refractivity (Wildman–Crippen MR) is 116 cm³/mol. The van der Waals surface area contributed by atoms with Crippen LogP contribution in [0.2, 0.25) is 0 Å². The van der Waals surface area contributed by atoms with Gasteiger partial charge in [-0.3, -0.25) is 19.3 Å². The van der Waals surface area contributed by atoms with Crippen molar-refractivity contribution in [2.24, 2.45) is 0 Å². The van der Waals surface area contributed by atoms with Gasteiger partial charge in [0, 0.05) is 25.4 Å². The number of alkyl halides is 3. The number of aromatic nitrogens is 1. The highest BCUT2D eigenvalue weighted by molar-refractivity contribution is 7.89. The van der Waals surface area contributed by atoms with Crippen molar-refractivity contribution in [3.8, 4) is 0 Å². The van der Waals surface area contributed by atoms with Crippen LogP contribution in [0.25, 0.3) is 0 Å². The molecular weight excluding hydrogens is 477 g/mol. The summed E-state index contributed by atoms with van der Waals surface area (Å²) in [5.74, 6) is -2.04. The molecule has 1 saturated heterocycles. The number of anilines is 2. The summed E-state index contributed by atoms with van der Waals surface area (Å²) in [6.45, 7) is -0.213. The Morgan fingerprint density at radius 1 is 1.06 bits per heavy atom. The Morgan fingerprint density at radius 3 is 2.41 bits per heavy atom. The summed E-state index contributed by atoms with van der Waals surface area (Å²) in [4.78, 5) is 37.9. The Morgan fingerprint density at radius 2 is 1.74 bits per heavy atom. The second-order valence-corrected chi connectivity index (χ2v) is 9.97. The van der Waals surface area contributed by atoms with E-state index in [4.69, 9.17) is 0 Å². The first-order chi connectivity index (χ1) is 16.0. The Bertz CT molecular complexity index is 1290. The Labute approximate surface area is 192 Å². The lowest BCUT2D eigenvalue weighted by Gasteiger charge is -2.31. The van der Waals surface area contributed by atoms with Crippen LogP contribution < -0.4 is 15.8 Å². The van der Waals surface area contributed by atoms with E-state index in [-0.39, 0.29) is 16.3 Å². The summed E-state index contributed by atoms with van der Waals surface area (Å²) < 4.78 is 69.3. The van der Waals surface area contributed by atoms with E-state index in [0.29, 0.717) is 30.8 Å². The average molecular weight is 498 g/mol. The first-order valence-corrected chi connectivity index (χ1v) is 11.9. The number of nitrogens with zero attached hydrogens (tertiary/aromatic N) is 3. The SMILES string of the molecule is O=C1CC(C(F)(F)F)N(C(=O)Cn2cc(S(=O)(=O)N3CCCC3)ccc2=O)c2ccccc2N1. The number of para-hydroxylation sites is 2. The van der Waals surface area contributed by atoms with Crippen molar-refractivity contribution in [2.45, 2.75) is 42.9 Å². The quantitative estimate of drug-likeness (QED) is 0.693. The van der Waals surface area contributed by atoms with E-state index in [2.05, 4.69) is 5.32 Å². The Hall–Kier alpha value is -3.19. The Kier molecular flexibility index (Phi) is 6.25. The minimum atomic E-state index is -4.93. The van der Waals surface area contributed by atoms with Crippen LogP contribution in [0.1, 0.15) is 19.3 Å². The average Bonchev–Trinajstić information content (AvgIpc) is 3.26.